The van der Waals surface area contributed by atoms with E-state index in [2.05, 4.69) is 44.8 Å². The molecule has 0 aliphatic carbocycles. The maximum absolute atomic E-state index is 13.8. The van der Waals surface area contributed by atoms with Gasteiger partial charge in [0.25, 0.3) is 0 Å². The molecule has 1 aliphatic heterocycles. The fourth-order valence-electron chi connectivity index (χ4n) is 3.42. The van der Waals surface area contributed by atoms with Crippen LogP contribution >= 0.6 is 24.0 Å². The third-order valence-corrected chi connectivity index (χ3v) is 5.15. The van der Waals surface area contributed by atoms with E-state index < -0.39 is 0 Å². The number of piperidine rings is 1. The van der Waals surface area contributed by atoms with Crippen molar-refractivity contribution in [1.29, 1.82) is 0 Å². The van der Waals surface area contributed by atoms with Gasteiger partial charge in [-0.2, -0.15) is 0 Å². The molecule has 0 spiro atoms. The summed E-state index contributed by atoms with van der Waals surface area (Å²) in [6.45, 7) is 6.52. The Kier molecular flexibility index (Phi) is 10.5. The molecule has 0 radical (unpaired) electrons. The number of aliphatic hydroxyl groups excluding tert-OH is 1. The first-order valence-corrected chi connectivity index (χ1v) is 10.4. The van der Waals surface area contributed by atoms with Crippen molar-refractivity contribution in [2.24, 2.45) is 4.99 Å². The van der Waals surface area contributed by atoms with E-state index in [0.29, 0.717) is 24.6 Å². The predicted molar refractivity (Wildman–Crippen MR) is 130 cm³/mol. The monoisotopic (exact) mass is 526 g/mol. The van der Waals surface area contributed by atoms with Gasteiger partial charge >= 0.3 is 0 Å². The normalized spacial score (nSPS) is 15.5. The zero-order chi connectivity index (χ0) is 20.5. The minimum atomic E-state index is -0.213. The van der Waals surface area contributed by atoms with E-state index in [9.17, 15) is 9.50 Å². The zero-order valence-corrected chi connectivity index (χ0v) is 19.8. The molecule has 3 rings (SSSR count). The summed E-state index contributed by atoms with van der Waals surface area (Å²) in [5.41, 5.74) is 3.03. The highest BCUT2D eigenvalue weighted by atomic mass is 127. The topological polar surface area (TPSA) is 59.9 Å². The second kappa shape index (κ2) is 12.9. The van der Waals surface area contributed by atoms with E-state index in [1.54, 1.807) is 12.1 Å². The third kappa shape index (κ3) is 7.85. The molecule has 1 saturated heterocycles. The van der Waals surface area contributed by atoms with E-state index in [1.807, 2.05) is 13.0 Å². The molecule has 0 unspecified atom stereocenters. The fraction of sp³-hybridized carbons (Fsp3) is 0.435. The van der Waals surface area contributed by atoms with Crippen molar-refractivity contribution < 1.29 is 9.50 Å². The number of likely N-dealkylation sites (tertiary alicyclic amines) is 1. The molecule has 0 saturated carbocycles. The van der Waals surface area contributed by atoms with Gasteiger partial charge in [0, 0.05) is 38.3 Å². The SMILES string of the molecule is CCNC(=NCc1ccc(CN2CCC(O)CC2)cc1)NCc1ccccc1F.I. The number of nitrogens with one attached hydrogen (secondary N) is 2. The Bertz CT molecular complexity index is 792. The number of benzene rings is 2. The molecule has 0 amide bonds. The van der Waals surface area contributed by atoms with E-state index >= 15 is 0 Å². The van der Waals surface area contributed by atoms with Gasteiger partial charge in [-0.1, -0.05) is 42.5 Å². The lowest BCUT2D eigenvalue weighted by molar-refractivity contribution is 0.0792. The molecule has 30 heavy (non-hydrogen) atoms. The molecular weight excluding hydrogens is 494 g/mol. The van der Waals surface area contributed by atoms with E-state index in [0.717, 1.165) is 44.6 Å². The smallest absolute Gasteiger partial charge is 0.191 e. The summed E-state index contributed by atoms with van der Waals surface area (Å²) >= 11 is 0. The minimum Gasteiger partial charge on any atom is -0.393 e. The van der Waals surface area contributed by atoms with E-state index in [1.165, 1.54) is 11.6 Å². The maximum Gasteiger partial charge on any atom is 0.191 e. The molecule has 3 N–H and O–H groups in total. The lowest BCUT2D eigenvalue weighted by atomic mass is 10.1. The molecule has 2 aromatic rings. The van der Waals surface area contributed by atoms with Crippen LogP contribution in [-0.2, 0) is 19.6 Å². The van der Waals surface area contributed by atoms with Gasteiger partial charge < -0.3 is 15.7 Å². The van der Waals surface area contributed by atoms with Gasteiger partial charge in [0.15, 0.2) is 5.96 Å². The van der Waals surface area contributed by atoms with E-state index in [4.69, 9.17) is 0 Å². The average Bonchev–Trinajstić information content (AvgIpc) is 2.74. The Labute approximate surface area is 195 Å². The summed E-state index contributed by atoms with van der Waals surface area (Å²) in [6, 6.07) is 15.3. The molecule has 164 valence electrons. The first-order chi connectivity index (χ1) is 14.1. The highest BCUT2D eigenvalue weighted by molar-refractivity contribution is 14.0. The van der Waals surface area contributed by atoms with Gasteiger partial charge in [-0.15, -0.1) is 24.0 Å². The summed E-state index contributed by atoms with van der Waals surface area (Å²) in [4.78, 5) is 7.00. The number of nitrogens with zero attached hydrogens (tertiary/aromatic N) is 2. The van der Waals surface area contributed by atoms with Crippen molar-refractivity contribution in [3.63, 3.8) is 0 Å². The van der Waals surface area contributed by atoms with Crippen LogP contribution in [0, 0.1) is 5.82 Å². The molecule has 0 atom stereocenters. The summed E-state index contributed by atoms with van der Waals surface area (Å²) in [5, 5.41) is 16.0. The van der Waals surface area contributed by atoms with Crippen molar-refractivity contribution in [3.05, 3.63) is 71.0 Å². The highest BCUT2D eigenvalue weighted by Gasteiger charge is 2.16. The van der Waals surface area contributed by atoms with Crippen molar-refractivity contribution in [2.45, 2.75) is 45.5 Å². The van der Waals surface area contributed by atoms with E-state index in [-0.39, 0.29) is 35.9 Å². The van der Waals surface area contributed by atoms with Gasteiger partial charge in [0.05, 0.1) is 12.6 Å². The number of aliphatic hydroxyl groups is 1. The molecule has 7 heteroatoms. The second-order valence-corrected chi connectivity index (χ2v) is 7.46. The highest BCUT2D eigenvalue weighted by Crippen LogP contribution is 2.14. The summed E-state index contributed by atoms with van der Waals surface area (Å²) < 4.78 is 13.8. The van der Waals surface area contributed by atoms with Gasteiger partial charge in [0.1, 0.15) is 5.82 Å². The van der Waals surface area contributed by atoms with Crippen LogP contribution in [-0.4, -0.2) is 41.7 Å². The van der Waals surface area contributed by atoms with Crippen LogP contribution in [0.15, 0.2) is 53.5 Å². The molecule has 1 fully saturated rings. The summed E-state index contributed by atoms with van der Waals surface area (Å²) in [5.74, 6) is 0.460. The largest absolute Gasteiger partial charge is 0.393 e. The minimum absolute atomic E-state index is 0. The number of hydrogen-bond donors (Lipinski definition) is 3. The first-order valence-electron chi connectivity index (χ1n) is 10.4. The Hall–Kier alpha value is -1.71. The van der Waals surface area contributed by atoms with Crippen LogP contribution in [0.2, 0.25) is 0 Å². The summed E-state index contributed by atoms with van der Waals surface area (Å²) in [7, 11) is 0. The molecule has 5 nitrogen and oxygen atoms in total. The van der Waals surface area contributed by atoms with Gasteiger partial charge in [-0.25, -0.2) is 9.38 Å². The standard InChI is InChI=1S/C23H31FN4O.HI/c1-2-25-23(27-16-20-5-3-4-6-22(20)24)26-15-18-7-9-19(10-8-18)17-28-13-11-21(29)12-14-28;/h3-10,21,29H,2,11-17H2,1H3,(H2,25,26,27);1H. The number of rotatable bonds is 7. The molecule has 0 aromatic heterocycles. The Morgan fingerprint density at radius 1 is 1.07 bits per heavy atom. The molecule has 1 aliphatic rings. The summed E-state index contributed by atoms with van der Waals surface area (Å²) in [6.07, 6.45) is 1.59. The van der Waals surface area contributed by atoms with Crippen molar-refractivity contribution >= 4 is 29.9 Å². The van der Waals surface area contributed by atoms with Crippen LogP contribution in [0.4, 0.5) is 4.39 Å². The third-order valence-electron chi connectivity index (χ3n) is 5.15. The van der Waals surface area contributed by atoms with Crippen LogP contribution in [0.5, 0.6) is 0 Å². The number of hydrogen-bond acceptors (Lipinski definition) is 3. The maximum atomic E-state index is 13.8. The first kappa shape index (κ1) is 24.6. The van der Waals surface area contributed by atoms with Gasteiger partial charge in [0.2, 0.25) is 0 Å². The second-order valence-electron chi connectivity index (χ2n) is 7.46. The molecule has 2 aromatic carbocycles. The molecule has 1 heterocycles. The van der Waals surface area contributed by atoms with Gasteiger partial charge in [-0.3, -0.25) is 4.90 Å². The Morgan fingerprint density at radius 3 is 2.40 bits per heavy atom. The number of halogens is 2. The lowest BCUT2D eigenvalue weighted by Crippen LogP contribution is -2.37. The zero-order valence-electron chi connectivity index (χ0n) is 17.5. The van der Waals surface area contributed by atoms with Crippen molar-refractivity contribution in [2.75, 3.05) is 19.6 Å². The Balaban J connectivity index is 0.00000320. The number of guanidine groups is 1. The van der Waals surface area contributed by atoms with Crippen LogP contribution in [0.3, 0.4) is 0 Å². The fourth-order valence-corrected chi connectivity index (χ4v) is 3.42. The van der Waals surface area contributed by atoms with Crippen LogP contribution in [0.1, 0.15) is 36.5 Å². The van der Waals surface area contributed by atoms with Gasteiger partial charge in [-0.05, 0) is 37.0 Å². The lowest BCUT2D eigenvalue weighted by Gasteiger charge is -2.29. The Morgan fingerprint density at radius 2 is 1.73 bits per heavy atom. The predicted octanol–water partition coefficient (Wildman–Crippen LogP) is 3.66. The quantitative estimate of drug-likeness (QED) is 0.293. The number of aliphatic imine (C=N–C) groups is 1. The molecule has 0 bridgehead atoms. The average molecular weight is 526 g/mol. The van der Waals surface area contributed by atoms with Crippen molar-refractivity contribution in [1.82, 2.24) is 15.5 Å². The van der Waals surface area contributed by atoms with Crippen LogP contribution in [0.25, 0.3) is 0 Å². The molecular formula is C23H32FIN4O. The van der Waals surface area contributed by atoms with Crippen LogP contribution < -0.4 is 10.6 Å². The van der Waals surface area contributed by atoms with Crippen molar-refractivity contribution in [3.8, 4) is 0 Å².